The number of halogens is 3. The van der Waals surface area contributed by atoms with E-state index >= 15 is 0 Å². The van der Waals surface area contributed by atoms with Crippen molar-refractivity contribution in [3.8, 4) is 5.75 Å². The molecule has 6 heteroatoms. The van der Waals surface area contributed by atoms with Crippen LogP contribution in [-0.4, -0.2) is 37.4 Å². The molecule has 0 amide bonds. The zero-order chi connectivity index (χ0) is 15.7. The summed E-state index contributed by atoms with van der Waals surface area (Å²) in [6.45, 7) is 8.86. The summed E-state index contributed by atoms with van der Waals surface area (Å²) in [4.78, 5) is 2.35. The zero-order valence-electron chi connectivity index (χ0n) is 12.5. The normalized spacial score (nSPS) is 11.9. The van der Waals surface area contributed by atoms with Crippen LogP contribution in [-0.2, 0) is 6.54 Å². The number of hydrogen-bond donors (Lipinski definition) is 1. The average molecular weight is 304 g/mol. The molecule has 0 bridgehead atoms. The van der Waals surface area contributed by atoms with E-state index in [9.17, 15) is 13.2 Å². The SMILES string of the molecule is CCCN(CC)CCNCc1ccc(OC(F)(F)F)cc1. The first-order valence-electron chi connectivity index (χ1n) is 7.22. The van der Waals surface area contributed by atoms with Gasteiger partial charge in [0.1, 0.15) is 5.75 Å². The standard InChI is InChI=1S/C15H23F3N2O/c1-3-10-20(4-2)11-9-19-12-13-5-7-14(8-6-13)21-15(16,17)18/h5-8,19H,3-4,9-12H2,1-2H3. The van der Waals surface area contributed by atoms with Crippen molar-refractivity contribution < 1.29 is 17.9 Å². The van der Waals surface area contributed by atoms with E-state index < -0.39 is 6.36 Å². The summed E-state index contributed by atoms with van der Waals surface area (Å²) < 4.78 is 39.9. The number of likely N-dealkylation sites (N-methyl/N-ethyl adjacent to an activating group) is 1. The molecular formula is C15H23F3N2O. The first-order valence-corrected chi connectivity index (χ1v) is 7.22. The minimum Gasteiger partial charge on any atom is -0.406 e. The van der Waals surface area contributed by atoms with Crippen LogP contribution in [0.1, 0.15) is 25.8 Å². The van der Waals surface area contributed by atoms with Gasteiger partial charge < -0.3 is 15.0 Å². The molecule has 0 aliphatic carbocycles. The summed E-state index contributed by atoms with van der Waals surface area (Å²) in [6, 6.07) is 5.94. The molecule has 3 nitrogen and oxygen atoms in total. The molecule has 0 aromatic heterocycles. The highest BCUT2D eigenvalue weighted by atomic mass is 19.4. The smallest absolute Gasteiger partial charge is 0.406 e. The van der Waals surface area contributed by atoms with Crippen LogP contribution >= 0.6 is 0 Å². The van der Waals surface area contributed by atoms with E-state index in [1.165, 1.54) is 12.1 Å². The molecule has 1 aromatic carbocycles. The Morgan fingerprint density at radius 2 is 1.76 bits per heavy atom. The highest BCUT2D eigenvalue weighted by molar-refractivity contribution is 5.27. The van der Waals surface area contributed by atoms with Gasteiger partial charge in [-0.3, -0.25) is 0 Å². The molecular weight excluding hydrogens is 281 g/mol. The van der Waals surface area contributed by atoms with E-state index in [1.54, 1.807) is 12.1 Å². The second kappa shape index (κ2) is 8.89. The summed E-state index contributed by atoms with van der Waals surface area (Å²) in [7, 11) is 0. The van der Waals surface area contributed by atoms with Crippen LogP contribution in [0.5, 0.6) is 5.75 Å². The number of rotatable bonds is 9. The molecule has 0 aliphatic heterocycles. The van der Waals surface area contributed by atoms with Crippen molar-refractivity contribution >= 4 is 0 Å². The Kier molecular flexibility index (Phi) is 7.53. The molecule has 0 fully saturated rings. The van der Waals surface area contributed by atoms with E-state index in [1.807, 2.05) is 0 Å². The average Bonchev–Trinajstić information content (AvgIpc) is 2.42. The lowest BCUT2D eigenvalue weighted by Gasteiger charge is -2.19. The fourth-order valence-corrected chi connectivity index (χ4v) is 2.02. The van der Waals surface area contributed by atoms with Crippen molar-refractivity contribution in [3.05, 3.63) is 29.8 Å². The minimum atomic E-state index is -4.64. The van der Waals surface area contributed by atoms with Crippen LogP contribution in [0.3, 0.4) is 0 Å². The highest BCUT2D eigenvalue weighted by Crippen LogP contribution is 2.22. The Bertz CT molecular complexity index is 393. The maximum Gasteiger partial charge on any atom is 0.573 e. The van der Waals surface area contributed by atoms with Gasteiger partial charge in [0.05, 0.1) is 0 Å². The lowest BCUT2D eigenvalue weighted by Crippen LogP contribution is -2.32. The Morgan fingerprint density at radius 1 is 1.10 bits per heavy atom. The molecule has 1 rings (SSSR count). The van der Waals surface area contributed by atoms with E-state index in [2.05, 4.69) is 28.8 Å². The third-order valence-electron chi connectivity index (χ3n) is 3.08. The number of nitrogens with one attached hydrogen (secondary N) is 1. The molecule has 21 heavy (non-hydrogen) atoms. The molecule has 0 radical (unpaired) electrons. The number of hydrogen-bond acceptors (Lipinski definition) is 3. The van der Waals surface area contributed by atoms with Crippen LogP contribution < -0.4 is 10.1 Å². The third kappa shape index (κ3) is 7.92. The van der Waals surface area contributed by atoms with Crippen molar-refractivity contribution in [2.24, 2.45) is 0 Å². The van der Waals surface area contributed by atoms with Gasteiger partial charge in [-0.15, -0.1) is 13.2 Å². The first kappa shape index (κ1) is 17.8. The Balaban J connectivity index is 2.30. The summed E-state index contributed by atoms with van der Waals surface area (Å²) in [6.07, 6.45) is -3.50. The number of ether oxygens (including phenoxy) is 1. The minimum absolute atomic E-state index is 0.189. The molecule has 0 unspecified atom stereocenters. The van der Waals surface area contributed by atoms with Gasteiger partial charge >= 0.3 is 6.36 Å². The summed E-state index contributed by atoms with van der Waals surface area (Å²) in [5.74, 6) is -0.189. The van der Waals surface area contributed by atoms with Gasteiger partial charge in [0.2, 0.25) is 0 Å². The quantitative estimate of drug-likeness (QED) is 0.708. The first-order chi connectivity index (χ1) is 9.94. The highest BCUT2D eigenvalue weighted by Gasteiger charge is 2.30. The van der Waals surface area contributed by atoms with Crippen molar-refractivity contribution in [1.82, 2.24) is 10.2 Å². The van der Waals surface area contributed by atoms with Gasteiger partial charge in [-0.05, 0) is 37.2 Å². The second-order valence-corrected chi connectivity index (χ2v) is 4.80. The van der Waals surface area contributed by atoms with Crippen LogP contribution in [0.4, 0.5) is 13.2 Å². The van der Waals surface area contributed by atoms with Gasteiger partial charge in [-0.2, -0.15) is 0 Å². The number of benzene rings is 1. The monoisotopic (exact) mass is 304 g/mol. The molecule has 1 N–H and O–H groups in total. The van der Waals surface area contributed by atoms with Crippen LogP contribution in [0.15, 0.2) is 24.3 Å². The summed E-state index contributed by atoms with van der Waals surface area (Å²) in [5, 5.41) is 3.29. The van der Waals surface area contributed by atoms with Gasteiger partial charge in [-0.25, -0.2) is 0 Å². The van der Waals surface area contributed by atoms with Crippen LogP contribution in [0.25, 0.3) is 0 Å². The molecule has 0 spiro atoms. The van der Waals surface area contributed by atoms with Crippen LogP contribution in [0, 0.1) is 0 Å². The fraction of sp³-hybridized carbons (Fsp3) is 0.600. The second-order valence-electron chi connectivity index (χ2n) is 4.80. The Morgan fingerprint density at radius 3 is 2.29 bits per heavy atom. The fourth-order valence-electron chi connectivity index (χ4n) is 2.02. The van der Waals surface area contributed by atoms with E-state index in [0.29, 0.717) is 6.54 Å². The molecule has 0 saturated carbocycles. The molecule has 0 saturated heterocycles. The molecule has 0 aliphatic rings. The van der Waals surface area contributed by atoms with E-state index in [-0.39, 0.29) is 5.75 Å². The van der Waals surface area contributed by atoms with E-state index in [0.717, 1.165) is 38.2 Å². The van der Waals surface area contributed by atoms with E-state index in [4.69, 9.17) is 0 Å². The lowest BCUT2D eigenvalue weighted by molar-refractivity contribution is -0.274. The predicted molar refractivity (Wildman–Crippen MR) is 77.2 cm³/mol. The molecule has 1 aromatic rings. The number of nitrogens with zero attached hydrogens (tertiary/aromatic N) is 1. The summed E-state index contributed by atoms with van der Waals surface area (Å²) >= 11 is 0. The maximum atomic E-state index is 12.0. The van der Waals surface area contributed by atoms with Crippen molar-refractivity contribution in [3.63, 3.8) is 0 Å². The largest absolute Gasteiger partial charge is 0.573 e. The van der Waals surface area contributed by atoms with Crippen molar-refractivity contribution in [2.75, 3.05) is 26.2 Å². The Hall–Kier alpha value is -1.27. The van der Waals surface area contributed by atoms with Gasteiger partial charge in [0.15, 0.2) is 0 Å². The van der Waals surface area contributed by atoms with Gasteiger partial charge in [0, 0.05) is 19.6 Å². The molecule has 0 atom stereocenters. The lowest BCUT2D eigenvalue weighted by atomic mass is 10.2. The maximum absolute atomic E-state index is 12.0. The Labute approximate surface area is 124 Å². The zero-order valence-corrected chi connectivity index (χ0v) is 12.5. The summed E-state index contributed by atoms with van der Waals surface area (Å²) in [5.41, 5.74) is 0.933. The third-order valence-corrected chi connectivity index (χ3v) is 3.08. The predicted octanol–water partition coefficient (Wildman–Crippen LogP) is 3.41. The van der Waals surface area contributed by atoms with Gasteiger partial charge in [0.25, 0.3) is 0 Å². The van der Waals surface area contributed by atoms with Crippen molar-refractivity contribution in [1.29, 1.82) is 0 Å². The number of alkyl halides is 3. The van der Waals surface area contributed by atoms with Crippen LogP contribution in [0.2, 0.25) is 0 Å². The topological polar surface area (TPSA) is 24.5 Å². The van der Waals surface area contributed by atoms with Crippen molar-refractivity contribution in [2.45, 2.75) is 33.2 Å². The molecule has 0 heterocycles. The molecule has 120 valence electrons. The van der Waals surface area contributed by atoms with Gasteiger partial charge in [-0.1, -0.05) is 26.0 Å².